The first-order chi connectivity index (χ1) is 19.1. The molecular weight excluding hydrogens is 553 g/mol. The fraction of sp³-hybridized carbons (Fsp3) is 0.333. The van der Waals surface area contributed by atoms with Crippen LogP contribution in [0.15, 0.2) is 77.7 Å². The molecule has 7 nitrogen and oxygen atoms in total. The summed E-state index contributed by atoms with van der Waals surface area (Å²) >= 11 is 6.05. The van der Waals surface area contributed by atoms with E-state index in [0.29, 0.717) is 5.02 Å². The van der Waals surface area contributed by atoms with E-state index >= 15 is 0 Å². The molecule has 1 saturated carbocycles. The number of hydrogen-bond donors (Lipinski definition) is 1. The van der Waals surface area contributed by atoms with Crippen LogP contribution in [0.1, 0.15) is 43.7 Å². The van der Waals surface area contributed by atoms with Crippen molar-refractivity contribution in [3.63, 3.8) is 0 Å². The summed E-state index contributed by atoms with van der Waals surface area (Å²) in [5.74, 6) is -1.54. The van der Waals surface area contributed by atoms with Crippen molar-refractivity contribution in [3.8, 4) is 0 Å². The number of hydrogen-bond acceptors (Lipinski definition) is 4. The minimum absolute atomic E-state index is 0.00790. The van der Waals surface area contributed by atoms with Crippen LogP contribution < -0.4 is 9.62 Å². The lowest BCUT2D eigenvalue weighted by atomic mass is 10.1. The lowest BCUT2D eigenvalue weighted by molar-refractivity contribution is -0.139. The molecule has 1 N–H and O–H groups in total. The number of nitrogens with one attached hydrogen (secondary N) is 1. The zero-order valence-electron chi connectivity index (χ0n) is 22.5. The highest BCUT2D eigenvalue weighted by Crippen LogP contribution is 2.26. The molecule has 10 heteroatoms. The molecule has 0 bridgehead atoms. The van der Waals surface area contributed by atoms with Gasteiger partial charge in [0.15, 0.2) is 0 Å². The number of amides is 2. The number of anilines is 1. The predicted octanol–water partition coefficient (Wildman–Crippen LogP) is 5.46. The molecule has 3 aromatic rings. The second-order valence-corrected chi connectivity index (χ2v) is 12.4. The average molecular weight is 586 g/mol. The molecule has 40 heavy (non-hydrogen) atoms. The van der Waals surface area contributed by atoms with Crippen LogP contribution in [0.2, 0.25) is 5.02 Å². The van der Waals surface area contributed by atoms with Crippen LogP contribution in [-0.2, 0) is 26.2 Å². The minimum atomic E-state index is -4.19. The number of carbonyl (C=O) groups is 2. The number of nitrogens with zero attached hydrogens (tertiary/aromatic N) is 2. The second kappa shape index (κ2) is 12.8. The Hall–Kier alpha value is -3.43. The fourth-order valence-electron chi connectivity index (χ4n) is 4.76. The molecule has 0 radical (unpaired) electrons. The van der Waals surface area contributed by atoms with Crippen molar-refractivity contribution in [2.45, 2.75) is 63.1 Å². The molecule has 0 heterocycles. The van der Waals surface area contributed by atoms with E-state index in [1.807, 2.05) is 6.92 Å². The maximum atomic E-state index is 14.7. The predicted molar refractivity (Wildman–Crippen MR) is 154 cm³/mol. The van der Waals surface area contributed by atoms with Crippen LogP contribution >= 0.6 is 11.6 Å². The molecule has 0 saturated heterocycles. The molecule has 1 aliphatic rings. The Bertz CT molecular complexity index is 1440. The number of benzene rings is 3. The first-order valence-corrected chi connectivity index (χ1v) is 15.1. The molecule has 1 aliphatic carbocycles. The Labute approximate surface area is 240 Å². The highest BCUT2D eigenvalue weighted by molar-refractivity contribution is 7.92. The number of rotatable bonds is 10. The zero-order chi connectivity index (χ0) is 28.9. The second-order valence-electron chi connectivity index (χ2n) is 10.1. The van der Waals surface area contributed by atoms with Gasteiger partial charge in [0.05, 0.1) is 10.6 Å². The SMILES string of the molecule is Cc1ccc(S(=O)(=O)N(CC(=O)N(Cc2ccccc2F)[C@@H](C)C(=O)NC2CCCC2)c2ccc(Cl)cc2)cc1. The molecule has 0 aliphatic heterocycles. The quantitative estimate of drug-likeness (QED) is 0.342. The summed E-state index contributed by atoms with van der Waals surface area (Å²) in [6.45, 7) is 2.61. The van der Waals surface area contributed by atoms with Gasteiger partial charge in [-0.2, -0.15) is 0 Å². The summed E-state index contributed by atoms with van der Waals surface area (Å²) in [6.07, 6.45) is 3.76. The van der Waals surface area contributed by atoms with Crippen LogP contribution in [-0.4, -0.2) is 43.8 Å². The van der Waals surface area contributed by atoms with Crippen molar-refractivity contribution in [2.24, 2.45) is 0 Å². The van der Waals surface area contributed by atoms with E-state index in [1.54, 1.807) is 25.1 Å². The number of sulfonamides is 1. The zero-order valence-corrected chi connectivity index (χ0v) is 24.1. The Morgan fingerprint density at radius 3 is 2.25 bits per heavy atom. The largest absolute Gasteiger partial charge is 0.352 e. The van der Waals surface area contributed by atoms with Gasteiger partial charge in [-0.05, 0) is 69.2 Å². The summed E-state index contributed by atoms with van der Waals surface area (Å²) in [7, 11) is -4.19. The van der Waals surface area contributed by atoms with E-state index in [9.17, 15) is 22.4 Å². The van der Waals surface area contributed by atoms with Crippen LogP contribution in [0, 0.1) is 12.7 Å². The van der Waals surface area contributed by atoms with Crippen molar-refractivity contribution in [2.75, 3.05) is 10.8 Å². The van der Waals surface area contributed by atoms with Crippen molar-refractivity contribution < 1.29 is 22.4 Å². The van der Waals surface area contributed by atoms with Gasteiger partial charge in [0.25, 0.3) is 10.0 Å². The van der Waals surface area contributed by atoms with E-state index in [1.165, 1.54) is 59.5 Å². The van der Waals surface area contributed by atoms with E-state index in [4.69, 9.17) is 11.6 Å². The van der Waals surface area contributed by atoms with E-state index in [2.05, 4.69) is 5.32 Å². The highest BCUT2D eigenvalue weighted by atomic mass is 35.5. The van der Waals surface area contributed by atoms with Crippen LogP contribution in [0.5, 0.6) is 0 Å². The molecule has 4 rings (SSSR count). The number of aryl methyl sites for hydroxylation is 1. The smallest absolute Gasteiger partial charge is 0.264 e. The van der Waals surface area contributed by atoms with Crippen molar-refractivity contribution in [3.05, 3.63) is 94.8 Å². The number of halogens is 2. The van der Waals surface area contributed by atoms with Gasteiger partial charge < -0.3 is 10.2 Å². The molecule has 0 unspecified atom stereocenters. The molecule has 0 spiro atoms. The van der Waals surface area contributed by atoms with E-state index in [-0.39, 0.29) is 34.6 Å². The van der Waals surface area contributed by atoms with Gasteiger partial charge in [-0.1, -0.05) is 60.3 Å². The highest BCUT2D eigenvalue weighted by Gasteiger charge is 2.33. The fourth-order valence-corrected chi connectivity index (χ4v) is 6.30. The third-order valence-corrected chi connectivity index (χ3v) is 9.21. The summed E-state index contributed by atoms with van der Waals surface area (Å²) in [4.78, 5) is 28.4. The monoisotopic (exact) mass is 585 g/mol. The van der Waals surface area contributed by atoms with Crippen LogP contribution in [0.4, 0.5) is 10.1 Å². The molecule has 1 fully saturated rings. The maximum Gasteiger partial charge on any atom is 0.264 e. The molecule has 212 valence electrons. The Morgan fingerprint density at radius 2 is 1.62 bits per heavy atom. The Morgan fingerprint density at radius 1 is 1.00 bits per heavy atom. The average Bonchev–Trinajstić information content (AvgIpc) is 3.44. The summed E-state index contributed by atoms with van der Waals surface area (Å²) in [6, 6.07) is 17.5. The van der Waals surface area contributed by atoms with E-state index < -0.39 is 34.3 Å². The van der Waals surface area contributed by atoms with Crippen molar-refractivity contribution in [1.82, 2.24) is 10.2 Å². The summed E-state index contributed by atoms with van der Waals surface area (Å²) < 4.78 is 43.3. The maximum absolute atomic E-state index is 14.7. The Kier molecular flexibility index (Phi) is 9.48. The standard InChI is InChI=1S/C30H33ClFN3O4S/c1-21-11-17-27(18-12-21)40(38,39)35(26-15-13-24(31)14-16-26)20-29(36)34(19-23-7-3-6-10-28(23)32)22(2)30(37)33-25-8-4-5-9-25/h3,6-7,10-18,22,25H,4-5,8-9,19-20H2,1-2H3,(H,33,37)/t22-/m0/s1. The molecule has 0 aromatic heterocycles. The number of carbonyl (C=O) groups excluding carboxylic acids is 2. The first kappa shape index (κ1) is 29.6. The van der Waals surface area contributed by atoms with Crippen molar-refractivity contribution in [1.29, 1.82) is 0 Å². The molecular formula is C30H33ClFN3O4S. The van der Waals surface area contributed by atoms with Gasteiger partial charge in [0.2, 0.25) is 11.8 Å². The summed E-state index contributed by atoms with van der Waals surface area (Å²) in [5, 5.41) is 3.40. The topological polar surface area (TPSA) is 86.8 Å². The van der Waals surface area contributed by atoms with E-state index in [0.717, 1.165) is 35.6 Å². The summed E-state index contributed by atoms with van der Waals surface area (Å²) in [5.41, 5.74) is 1.33. The van der Waals surface area contributed by atoms with Gasteiger partial charge in [0, 0.05) is 23.2 Å². The van der Waals surface area contributed by atoms with Crippen molar-refractivity contribution >= 4 is 39.1 Å². The van der Waals surface area contributed by atoms with Gasteiger partial charge in [0.1, 0.15) is 18.4 Å². The van der Waals surface area contributed by atoms with Gasteiger partial charge >= 0.3 is 0 Å². The first-order valence-electron chi connectivity index (χ1n) is 13.2. The van der Waals surface area contributed by atoms with Crippen LogP contribution in [0.3, 0.4) is 0 Å². The molecule has 1 atom stereocenters. The van der Waals surface area contributed by atoms with Gasteiger partial charge in [-0.25, -0.2) is 12.8 Å². The van der Waals surface area contributed by atoms with Crippen LogP contribution in [0.25, 0.3) is 0 Å². The Balaban J connectivity index is 1.69. The lowest BCUT2D eigenvalue weighted by Gasteiger charge is -2.32. The lowest BCUT2D eigenvalue weighted by Crippen LogP contribution is -2.52. The van der Waals surface area contributed by atoms with Gasteiger partial charge in [-0.3, -0.25) is 13.9 Å². The normalized spacial score (nSPS) is 14.5. The minimum Gasteiger partial charge on any atom is -0.352 e. The van der Waals surface area contributed by atoms with Gasteiger partial charge in [-0.15, -0.1) is 0 Å². The molecule has 2 amide bonds. The molecule has 3 aromatic carbocycles. The third kappa shape index (κ3) is 7.01. The third-order valence-electron chi connectivity index (χ3n) is 7.17.